The van der Waals surface area contributed by atoms with Gasteiger partial charge in [0.25, 0.3) is 5.91 Å². The number of benzene rings is 2. The van der Waals surface area contributed by atoms with Gasteiger partial charge < -0.3 is 24.6 Å². The molecule has 7 rings (SSSR count). The van der Waals surface area contributed by atoms with Crippen molar-refractivity contribution in [2.75, 3.05) is 71.4 Å². The molecule has 3 saturated heterocycles. The molecule has 1 spiro atoms. The first-order chi connectivity index (χ1) is 19.3. The van der Waals surface area contributed by atoms with Crippen LogP contribution in [0.5, 0.6) is 0 Å². The van der Waals surface area contributed by atoms with E-state index in [-0.39, 0.29) is 5.91 Å². The zero-order valence-electron chi connectivity index (χ0n) is 24.0. The van der Waals surface area contributed by atoms with Crippen molar-refractivity contribution < 1.29 is 4.79 Å². The van der Waals surface area contributed by atoms with E-state index in [4.69, 9.17) is 4.98 Å². The van der Waals surface area contributed by atoms with Gasteiger partial charge in [-0.2, -0.15) is 0 Å². The molecule has 5 heterocycles. The highest BCUT2D eigenvalue weighted by molar-refractivity contribution is 5.98. The van der Waals surface area contributed by atoms with Gasteiger partial charge in [0.05, 0.1) is 0 Å². The normalized spacial score (nSPS) is 19.2. The van der Waals surface area contributed by atoms with E-state index in [2.05, 4.69) is 78.0 Å². The minimum absolute atomic E-state index is 0.139. The first-order valence-electron chi connectivity index (χ1n) is 14.4. The molecule has 0 radical (unpaired) electrons. The maximum absolute atomic E-state index is 13.0. The van der Waals surface area contributed by atoms with Crippen LogP contribution in [0.4, 0.5) is 5.69 Å². The van der Waals surface area contributed by atoms with Gasteiger partial charge in [0.1, 0.15) is 5.65 Å². The molecule has 0 atom stereocenters. The van der Waals surface area contributed by atoms with Crippen molar-refractivity contribution in [1.82, 2.24) is 24.7 Å². The Morgan fingerprint density at radius 1 is 0.825 bits per heavy atom. The summed E-state index contributed by atoms with van der Waals surface area (Å²) in [6.45, 7) is 12.8. The van der Waals surface area contributed by atoms with Gasteiger partial charge in [0, 0.05) is 97.9 Å². The number of aromatic amines is 1. The highest BCUT2D eigenvalue weighted by Gasteiger charge is 2.51. The number of carbonyl (C=O) groups excluding carboxylic acids is 1. The molecule has 2 aromatic heterocycles. The maximum Gasteiger partial charge on any atom is 0.253 e. The molecule has 206 valence electrons. The van der Waals surface area contributed by atoms with Crippen LogP contribution in [0.1, 0.15) is 21.5 Å². The molecule has 3 aliphatic rings. The summed E-state index contributed by atoms with van der Waals surface area (Å²) in [4.78, 5) is 30.4. The first-order valence-corrected chi connectivity index (χ1v) is 14.4. The zero-order chi connectivity index (χ0) is 27.6. The molecule has 1 amide bonds. The number of aryl methyl sites for hydroxylation is 2. The summed E-state index contributed by atoms with van der Waals surface area (Å²) in [6, 6.07) is 14.9. The van der Waals surface area contributed by atoms with Crippen LogP contribution >= 0.6 is 0 Å². The fraction of sp³-hybridized carbons (Fsp3) is 0.394. The first kappa shape index (κ1) is 25.3. The summed E-state index contributed by atoms with van der Waals surface area (Å²) in [5, 5.41) is 1.09. The number of fused-ring (bicyclic) bond motifs is 1. The molecule has 0 saturated carbocycles. The number of carbonyl (C=O) groups is 1. The molecule has 7 heteroatoms. The molecule has 0 unspecified atom stereocenters. The summed E-state index contributed by atoms with van der Waals surface area (Å²) in [5.41, 5.74) is 10.5. The standard InChI is InChI=1S/C33H38N6O/c1-22-13-26(14-23(2)30(22)38-11-9-36(3)10-12-38)27-15-28-29(17-35-31(28)34-16-27)24-5-7-25(8-6-24)32(40)39-20-33(21-39)18-37(4)19-33/h5-8,13-17H,9-12,18-21H2,1-4H3,(H,34,35). The van der Waals surface area contributed by atoms with Gasteiger partial charge in [-0.15, -0.1) is 0 Å². The van der Waals surface area contributed by atoms with Crippen molar-refractivity contribution in [3.05, 3.63) is 71.5 Å². The lowest BCUT2D eigenvalue weighted by Crippen LogP contribution is -2.71. The molecule has 7 nitrogen and oxygen atoms in total. The van der Waals surface area contributed by atoms with E-state index in [0.29, 0.717) is 5.41 Å². The predicted octanol–water partition coefficient (Wildman–Crippen LogP) is 4.65. The Morgan fingerprint density at radius 2 is 1.50 bits per heavy atom. The highest BCUT2D eigenvalue weighted by Crippen LogP contribution is 2.39. The number of likely N-dealkylation sites (tertiary alicyclic amines) is 2. The summed E-state index contributed by atoms with van der Waals surface area (Å²) < 4.78 is 0. The predicted molar refractivity (Wildman–Crippen MR) is 162 cm³/mol. The molecule has 4 aromatic rings. The number of likely N-dealkylation sites (N-methyl/N-ethyl adjacent to an activating group) is 1. The largest absolute Gasteiger partial charge is 0.369 e. The van der Waals surface area contributed by atoms with Crippen molar-refractivity contribution in [3.8, 4) is 22.3 Å². The Morgan fingerprint density at radius 3 is 2.15 bits per heavy atom. The number of hydrogen-bond donors (Lipinski definition) is 1. The van der Waals surface area contributed by atoms with E-state index in [1.165, 1.54) is 22.4 Å². The third kappa shape index (κ3) is 4.28. The number of H-pyrrole nitrogens is 1. The minimum Gasteiger partial charge on any atom is -0.369 e. The molecule has 40 heavy (non-hydrogen) atoms. The Bertz CT molecular complexity index is 1560. The topological polar surface area (TPSA) is 58.7 Å². The number of pyridine rings is 1. The van der Waals surface area contributed by atoms with Crippen LogP contribution < -0.4 is 4.90 Å². The van der Waals surface area contributed by atoms with E-state index in [0.717, 1.165) is 85.6 Å². The van der Waals surface area contributed by atoms with Gasteiger partial charge in [-0.05, 0) is 80.5 Å². The van der Waals surface area contributed by atoms with Crippen molar-refractivity contribution in [2.24, 2.45) is 5.41 Å². The SMILES string of the molecule is Cc1cc(-c2cnc3[nH]cc(-c4ccc(C(=O)N5CC6(CN(C)C6)C5)cc4)c3c2)cc(C)c1N1CCN(C)CC1. The van der Waals surface area contributed by atoms with Crippen molar-refractivity contribution >= 4 is 22.6 Å². The molecular formula is C33H38N6O. The van der Waals surface area contributed by atoms with Crippen molar-refractivity contribution in [3.63, 3.8) is 0 Å². The van der Waals surface area contributed by atoms with Crippen LogP contribution in [0.15, 0.2) is 54.9 Å². The van der Waals surface area contributed by atoms with Gasteiger partial charge in [-0.1, -0.05) is 12.1 Å². The number of aromatic nitrogens is 2. The lowest BCUT2D eigenvalue weighted by Gasteiger charge is -2.59. The summed E-state index contributed by atoms with van der Waals surface area (Å²) >= 11 is 0. The fourth-order valence-corrected chi connectivity index (χ4v) is 7.23. The Kier molecular flexibility index (Phi) is 5.98. The second-order valence-electron chi connectivity index (χ2n) is 12.5. The number of piperazine rings is 1. The maximum atomic E-state index is 13.0. The summed E-state index contributed by atoms with van der Waals surface area (Å²) in [5.74, 6) is 0.139. The Labute approximate surface area is 236 Å². The van der Waals surface area contributed by atoms with E-state index >= 15 is 0 Å². The average molecular weight is 535 g/mol. The van der Waals surface area contributed by atoms with Gasteiger partial charge in [0.2, 0.25) is 0 Å². The zero-order valence-corrected chi connectivity index (χ0v) is 24.0. The third-order valence-corrected chi connectivity index (χ3v) is 9.17. The number of nitrogens with one attached hydrogen (secondary N) is 1. The second kappa shape index (κ2) is 9.46. The number of anilines is 1. The van der Waals surface area contributed by atoms with E-state index in [9.17, 15) is 4.79 Å². The quantitative estimate of drug-likeness (QED) is 0.413. The number of rotatable bonds is 4. The molecule has 0 aliphatic carbocycles. The van der Waals surface area contributed by atoms with Gasteiger partial charge in [0.15, 0.2) is 0 Å². The molecule has 3 aliphatic heterocycles. The minimum atomic E-state index is 0.139. The smallest absolute Gasteiger partial charge is 0.253 e. The number of amides is 1. The van der Waals surface area contributed by atoms with Crippen LogP contribution in [-0.2, 0) is 0 Å². The van der Waals surface area contributed by atoms with E-state index in [1.807, 2.05) is 29.4 Å². The van der Waals surface area contributed by atoms with Crippen molar-refractivity contribution in [2.45, 2.75) is 13.8 Å². The van der Waals surface area contributed by atoms with Crippen LogP contribution in [0.25, 0.3) is 33.3 Å². The second-order valence-corrected chi connectivity index (χ2v) is 12.5. The number of nitrogens with zero attached hydrogens (tertiary/aromatic N) is 5. The lowest BCUT2D eigenvalue weighted by molar-refractivity contribution is -0.0872. The van der Waals surface area contributed by atoms with Crippen LogP contribution in [0.2, 0.25) is 0 Å². The van der Waals surface area contributed by atoms with Gasteiger partial charge in [-0.3, -0.25) is 4.79 Å². The van der Waals surface area contributed by atoms with Crippen molar-refractivity contribution in [1.29, 1.82) is 0 Å². The van der Waals surface area contributed by atoms with Crippen LogP contribution in [0.3, 0.4) is 0 Å². The summed E-state index contributed by atoms with van der Waals surface area (Å²) in [7, 11) is 4.34. The molecule has 0 bridgehead atoms. The monoisotopic (exact) mass is 534 g/mol. The molecular weight excluding hydrogens is 496 g/mol. The Balaban J connectivity index is 1.13. The highest BCUT2D eigenvalue weighted by atomic mass is 16.2. The summed E-state index contributed by atoms with van der Waals surface area (Å²) in [6.07, 6.45) is 3.99. The van der Waals surface area contributed by atoms with E-state index in [1.54, 1.807) is 0 Å². The van der Waals surface area contributed by atoms with Gasteiger partial charge in [-0.25, -0.2) is 4.98 Å². The van der Waals surface area contributed by atoms with Crippen LogP contribution in [0, 0.1) is 19.3 Å². The lowest BCUT2D eigenvalue weighted by atomic mass is 9.73. The molecule has 3 fully saturated rings. The number of hydrogen-bond acceptors (Lipinski definition) is 5. The van der Waals surface area contributed by atoms with Gasteiger partial charge >= 0.3 is 0 Å². The molecule has 1 N–H and O–H groups in total. The Hall–Kier alpha value is -3.68. The fourth-order valence-electron chi connectivity index (χ4n) is 7.23. The van der Waals surface area contributed by atoms with Crippen LogP contribution in [-0.4, -0.2) is 97.0 Å². The average Bonchev–Trinajstić information content (AvgIpc) is 3.33. The molecule has 2 aromatic carbocycles. The van der Waals surface area contributed by atoms with E-state index < -0.39 is 0 Å². The third-order valence-electron chi connectivity index (χ3n) is 9.17.